The molecule has 3 fully saturated rings. The Labute approximate surface area is 232 Å². The molecule has 6 atom stereocenters. The molecule has 0 spiro atoms. The molecule has 0 heterocycles. The summed E-state index contributed by atoms with van der Waals surface area (Å²) in [4.78, 5) is 11.1. The fourth-order valence-corrected chi connectivity index (χ4v) is 5.46. The predicted molar refractivity (Wildman–Crippen MR) is 156 cm³/mol. The third-order valence-electron chi connectivity index (χ3n) is 9.35. The molecule has 0 amide bonds. The minimum Gasteiger partial charge on any atom is -0.387 e. The van der Waals surface area contributed by atoms with Crippen LogP contribution in [0.3, 0.4) is 0 Å². The molecule has 1 N–H and O–H groups in total. The summed E-state index contributed by atoms with van der Waals surface area (Å²) in [6, 6.07) is 0. The number of carbonyl (C=O) groups excluding carboxylic acids is 1. The monoisotopic (exact) mass is 542 g/mol. The molecule has 0 radical (unpaired) electrons. The van der Waals surface area contributed by atoms with Crippen LogP contribution in [0.15, 0.2) is 38.0 Å². The summed E-state index contributed by atoms with van der Waals surface area (Å²) in [5, 5.41) is 7.28. The highest BCUT2D eigenvalue weighted by Gasteiger charge is 2.33. The van der Waals surface area contributed by atoms with Crippen LogP contribution in [0.5, 0.6) is 0 Å². The van der Waals surface area contributed by atoms with Crippen molar-refractivity contribution in [3.05, 3.63) is 38.0 Å². The van der Waals surface area contributed by atoms with Gasteiger partial charge in [0.25, 0.3) is 0 Å². The Morgan fingerprint density at radius 3 is 1.37 bits per heavy atom. The van der Waals surface area contributed by atoms with Crippen LogP contribution in [0.25, 0.3) is 0 Å². The van der Waals surface area contributed by atoms with Gasteiger partial charge in [-0.2, -0.15) is 13.2 Å². The number of ketones is 1. The van der Waals surface area contributed by atoms with E-state index in [0.717, 1.165) is 42.9 Å². The number of carbonyl (C=O) groups is 1. The molecule has 2 nitrogen and oxygen atoms in total. The molecule has 0 bridgehead atoms. The SMILES string of the molecule is C=C[C@@H]1CC[C@@H](C)C(=O)C1.C=C[C@@H]1CC[C@@H](C)C(C)(C)C1.C=C[C@@H]1CC[C@@H](C)C(C)(C)C1.OCC(F)(F)F. The number of halogens is 3. The summed E-state index contributed by atoms with van der Waals surface area (Å²) in [6.45, 7) is 26.0. The van der Waals surface area contributed by atoms with E-state index in [0.29, 0.717) is 28.4 Å². The maximum atomic E-state index is 11.1. The number of aliphatic hydroxyl groups excluding tert-OH is 1. The van der Waals surface area contributed by atoms with E-state index < -0.39 is 12.8 Å². The third-order valence-corrected chi connectivity index (χ3v) is 9.35. The van der Waals surface area contributed by atoms with Crippen LogP contribution in [0.4, 0.5) is 13.2 Å². The van der Waals surface area contributed by atoms with E-state index >= 15 is 0 Å². The summed E-state index contributed by atoms with van der Waals surface area (Å²) >= 11 is 0. The Morgan fingerprint density at radius 2 is 1.11 bits per heavy atom. The molecule has 0 unspecified atom stereocenters. The van der Waals surface area contributed by atoms with Gasteiger partial charge in [-0.3, -0.25) is 4.79 Å². The summed E-state index contributed by atoms with van der Waals surface area (Å²) < 4.78 is 31.6. The Kier molecular flexibility index (Phi) is 16.1. The second-order valence-corrected chi connectivity index (χ2v) is 13.3. The lowest BCUT2D eigenvalue weighted by atomic mass is 9.66. The molecule has 3 aliphatic rings. The van der Waals surface area contributed by atoms with Crippen LogP contribution in [0, 0.1) is 46.3 Å². The van der Waals surface area contributed by atoms with Crippen LogP contribution in [-0.4, -0.2) is 23.7 Å². The molecule has 3 aliphatic carbocycles. The summed E-state index contributed by atoms with van der Waals surface area (Å²) in [5.74, 6) is 4.51. The van der Waals surface area contributed by atoms with E-state index in [9.17, 15) is 18.0 Å². The molecule has 0 aromatic heterocycles. The van der Waals surface area contributed by atoms with E-state index in [-0.39, 0.29) is 0 Å². The lowest BCUT2D eigenvalue weighted by Crippen LogP contribution is -2.29. The van der Waals surface area contributed by atoms with Gasteiger partial charge in [-0.05, 0) is 91.8 Å². The summed E-state index contributed by atoms with van der Waals surface area (Å²) in [6.07, 6.45) is 12.8. The van der Waals surface area contributed by atoms with Crippen molar-refractivity contribution in [2.45, 2.75) is 112 Å². The number of allylic oxidation sites excluding steroid dienone is 3. The van der Waals surface area contributed by atoms with Gasteiger partial charge >= 0.3 is 6.18 Å². The van der Waals surface area contributed by atoms with Crippen LogP contribution >= 0.6 is 0 Å². The van der Waals surface area contributed by atoms with Crippen LogP contribution in [-0.2, 0) is 4.79 Å². The molecular weight excluding hydrogens is 485 g/mol. The number of alkyl halides is 3. The zero-order valence-corrected chi connectivity index (χ0v) is 25.4. The maximum absolute atomic E-state index is 11.1. The highest BCUT2D eigenvalue weighted by molar-refractivity contribution is 5.81. The summed E-state index contributed by atoms with van der Waals surface area (Å²) in [7, 11) is 0. The van der Waals surface area contributed by atoms with Gasteiger partial charge in [0.05, 0.1) is 0 Å². The third kappa shape index (κ3) is 14.1. The highest BCUT2D eigenvalue weighted by Crippen LogP contribution is 2.44. The Morgan fingerprint density at radius 1 is 0.763 bits per heavy atom. The smallest absolute Gasteiger partial charge is 0.387 e. The molecule has 3 saturated carbocycles. The van der Waals surface area contributed by atoms with E-state index in [4.69, 9.17) is 5.11 Å². The van der Waals surface area contributed by atoms with E-state index in [1.165, 1.54) is 38.5 Å². The first-order valence-corrected chi connectivity index (χ1v) is 14.5. The zero-order chi connectivity index (χ0) is 29.7. The lowest BCUT2D eigenvalue weighted by Gasteiger charge is -2.39. The first kappa shape index (κ1) is 36.6. The van der Waals surface area contributed by atoms with Gasteiger partial charge < -0.3 is 5.11 Å². The number of Topliss-reactive ketones (excluding diaryl/α,β-unsaturated/α-hetero) is 1. The molecule has 3 rings (SSSR count). The quantitative estimate of drug-likeness (QED) is 0.360. The first-order valence-electron chi connectivity index (χ1n) is 14.5. The molecule has 5 heteroatoms. The van der Waals surface area contributed by atoms with Gasteiger partial charge in [-0.15, -0.1) is 19.7 Å². The van der Waals surface area contributed by atoms with Gasteiger partial charge in [-0.1, -0.05) is 66.7 Å². The maximum Gasteiger partial charge on any atom is 0.411 e. The Hall–Kier alpha value is -1.36. The van der Waals surface area contributed by atoms with Crippen molar-refractivity contribution >= 4 is 5.78 Å². The summed E-state index contributed by atoms with van der Waals surface area (Å²) in [5.41, 5.74) is 1.08. The number of rotatable bonds is 3. The second-order valence-electron chi connectivity index (χ2n) is 13.3. The molecule has 38 heavy (non-hydrogen) atoms. The number of hydrogen-bond acceptors (Lipinski definition) is 2. The number of aliphatic hydroxyl groups is 1. The normalized spacial score (nSPS) is 32.0. The highest BCUT2D eigenvalue weighted by atomic mass is 19.4. The van der Waals surface area contributed by atoms with E-state index in [2.05, 4.69) is 73.4 Å². The van der Waals surface area contributed by atoms with Gasteiger partial charge in [0, 0.05) is 12.3 Å². The fraction of sp³-hybridized carbons (Fsp3) is 0.788. The van der Waals surface area contributed by atoms with Crippen LogP contribution in [0.2, 0.25) is 0 Å². The van der Waals surface area contributed by atoms with E-state index in [1.807, 2.05) is 13.0 Å². The topological polar surface area (TPSA) is 37.3 Å². The molecule has 0 aliphatic heterocycles. The first-order chi connectivity index (χ1) is 17.4. The molecule has 0 saturated heterocycles. The number of hydrogen-bond donors (Lipinski definition) is 1. The second kappa shape index (κ2) is 16.7. The fourth-order valence-electron chi connectivity index (χ4n) is 5.46. The van der Waals surface area contributed by atoms with Crippen molar-refractivity contribution in [3.63, 3.8) is 0 Å². The molecule has 0 aromatic carbocycles. The van der Waals surface area contributed by atoms with Gasteiger partial charge in [0.2, 0.25) is 0 Å². The van der Waals surface area contributed by atoms with Crippen molar-refractivity contribution < 1.29 is 23.1 Å². The van der Waals surface area contributed by atoms with Crippen molar-refractivity contribution in [3.8, 4) is 0 Å². The van der Waals surface area contributed by atoms with Crippen LogP contribution in [0.1, 0.15) is 106 Å². The van der Waals surface area contributed by atoms with E-state index in [1.54, 1.807) is 0 Å². The van der Waals surface area contributed by atoms with Gasteiger partial charge in [0.15, 0.2) is 0 Å². The van der Waals surface area contributed by atoms with Crippen LogP contribution < -0.4 is 0 Å². The minimum absolute atomic E-state index is 0.302. The van der Waals surface area contributed by atoms with Crippen molar-refractivity contribution in [1.29, 1.82) is 0 Å². The molecule has 0 aromatic rings. The van der Waals surface area contributed by atoms with Crippen molar-refractivity contribution in [1.82, 2.24) is 0 Å². The Bertz CT molecular complexity index is 686. The molecule has 222 valence electrons. The average molecular weight is 543 g/mol. The van der Waals surface area contributed by atoms with Gasteiger partial charge in [0.1, 0.15) is 12.4 Å². The van der Waals surface area contributed by atoms with Crippen molar-refractivity contribution in [2.75, 3.05) is 6.61 Å². The predicted octanol–water partition coefficient (Wildman–Crippen LogP) is 9.99. The molecular formula is C33H57F3O2. The Balaban J connectivity index is 0.000000491. The standard InChI is InChI=1S/2C11H20.C9H14O.C2H3F3O/c2*1-5-10-7-6-9(2)11(3,4)8-10;1-3-8-5-4-7(2)9(10)6-8;3-2(4,5)1-6/h2*5,9-10H,1,6-8H2,2-4H3;3,7-8H,1,4-6H2,2H3;6H,1H2/t2*9-,10-;7-,8-;/m111./s1. The zero-order valence-electron chi connectivity index (χ0n) is 25.4. The minimum atomic E-state index is -4.40. The largest absolute Gasteiger partial charge is 0.411 e. The average Bonchev–Trinajstić information content (AvgIpc) is 2.85. The van der Waals surface area contributed by atoms with Gasteiger partial charge in [-0.25, -0.2) is 0 Å². The van der Waals surface area contributed by atoms with Crippen molar-refractivity contribution in [2.24, 2.45) is 46.3 Å². The lowest BCUT2D eigenvalue weighted by molar-refractivity contribution is -0.159.